The third kappa shape index (κ3) is 4.11. The van der Waals surface area contributed by atoms with Crippen LogP contribution >= 0.6 is 0 Å². The van der Waals surface area contributed by atoms with Gasteiger partial charge in [0.25, 0.3) is 5.91 Å². The number of carbonyl (C=O) groups is 2. The molecule has 6 nitrogen and oxygen atoms in total. The molecule has 3 aromatic rings. The average molecular weight is 377 g/mol. The molecule has 1 aromatic heterocycles. The Kier molecular flexibility index (Phi) is 5.31. The molecule has 0 spiro atoms. The minimum atomic E-state index is -0.361. The van der Waals surface area contributed by atoms with Crippen molar-refractivity contribution in [3.63, 3.8) is 0 Å². The summed E-state index contributed by atoms with van der Waals surface area (Å²) in [6.45, 7) is 7.98. The van der Waals surface area contributed by atoms with Gasteiger partial charge < -0.3 is 9.84 Å². The predicted molar refractivity (Wildman–Crippen MR) is 109 cm³/mol. The molecule has 6 heteroatoms. The lowest BCUT2D eigenvalue weighted by molar-refractivity contribution is -0.106. The predicted octanol–water partition coefficient (Wildman–Crippen LogP) is 4.83. The van der Waals surface area contributed by atoms with Crippen molar-refractivity contribution in [2.75, 3.05) is 10.2 Å². The molecule has 0 bridgehead atoms. The number of anilines is 3. The molecule has 0 atom stereocenters. The van der Waals surface area contributed by atoms with Crippen molar-refractivity contribution in [1.82, 2.24) is 5.16 Å². The summed E-state index contributed by atoms with van der Waals surface area (Å²) >= 11 is 0. The van der Waals surface area contributed by atoms with Crippen molar-refractivity contribution in [2.45, 2.75) is 33.1 Å². The van der Waals surface area contributed by atoms with Crippen LogP contribution in [0, 0.1) is 6.92 Å². The molecular formula is C22H23N3O3. The van der Waals surface area contributed by atoms with Crippen LogP contribution in [0.2, 0.25) is 0 Å². The fraction of sp³-hybridized carbons (Fsp3) is 0.227. The van der Waals surface area contributed by atoms with Crippen LogP contribution in [0.5, 0.6) is 0 Å². The number of benzene rings is 2. The summed E-state index contributed by atoms with van der Waals surface area (Å²) in [5.74, 6) is 1.02. The second-order valence-corrected chi connectivity index (χ2v) is 7.59. The van der Waals surface area contributed by atoms with E-state index in [1.54, 1.807) is 36.4 Å². The van der Waals surface area contributed by atoms with Gasteiger partial charge in [-0.3, -0.25) is 9.59 Å². The highest BCUT2D eigenvalue weighted by atomic mass is 16.5. The zero-order chi connectivity index (χ0) is 20.3. The Morgan fingerprint density at radius 1 is 1.11 bits per heavy atom. The molecule has 0 radical (unpaired) electrons. The molecule has 28 heavy (non-hydrogen) atoms. The van der Waals surface area contributed by atoms with Gasteiger partial charge in [0.1, 0.15) is 5.76 Å². The Bertz CT molecular complexity index is 985. The van der Waals surface area contributed by atoms with Gasteiger partial charge in [-0.25, -0.2) is 4.90 Å². The van der Waals surface area contributed by atoms with E-state index < -0.39 is 0 Å². The fourth-order valence-corrected chi connectivity index (χ4v) is 2.71. The number of nitrogens with one attached hydrogen (secondary N) is 1. The van der Waals surface area contributed by atoms with Gasteiger partial charge in [0.15, 0.2) is 5.82 Å². The van der Waals surface area contributed by atoms with Crippen LogP contribution in [-0.4, -0.2) is 17.5 Å². The quantitative estimate of drug-likeness (QED) is 0.645. The molecule has 3 rings (SSSR count). The van der Waals surface area contributed by atoms with Crippen molar-refractivity contribution in [3.05, 3.63) is 71.5 Å². The van der Waals surface area contributed by atoms with E-state index in [-0.39, 0.29) is 11.3 Å². The summed E-state index contributed by atoms with van der Waals surface area (Å²) in [4.78, 5) is 25.4. The molecule has 0 aliphatic carbocycles. The van der Waals surface area contributed by atoms with Gasteiger partial charge in [0.2, 0.25) is 6.41 Å². The highest BCUT2D eigenvalue weighted by Crippen LogP contribution is 2.27. The summed E-state index contributed by atoms with van der Waals surface area (Å²) in [7, 11) is 0. The Morgan fingerprint density at radius 3 is 2.36 bits per heavy atom. The van der Waals surface area contributed by atoms with Crippen molar-refractivity contribution in [2.24, 2.45) is 0 Å². The maximum atomic E-state index is 12.7. The van der Waals surface area contributed by atoms with Gasteiger partial charge in [0, 0.05) is 22.7 Å². The van der Waals surface area contributed by atoms with E-state index in [4.69, 9.17) is 4.52 Å². The standard InChI is InChI=1S/C22H23N3O3/c1-15-7-5-6-8-18(15)21(27)25(14-26)17-11-9-16(10-12-17)23-20-13-19(28-24-20)22(2,3)4/h5-14H,1-4H3,(H,23,24). The first kappa shape index (κ1) is 19.4. The molecule has 1 heterocycles. The molecule has 0 aliphatic heterocycles. The van der Waals surface area contributed by atoms with Gasteiger partial charge in [-0.1, -0.05) is 44.1 Å². The Labute approximate surface area is 164 Å². The highest BCUT2D eigenvalue weighted by Gasteiger charge is 2.20. The van der Waals surface area contributed by atoms with Gasteiger partial charge in [0.05, 0.1) is 5.69 Å². The summed E-state index contributed by atoms with van der Waals surface area (Å²) in [6, 6.07) is 16.0. The normalized spacial score (nSPS) is 11.1. The smallest absolute Gasteiger partial charge is 0.265 e. The number of nitrogens with zero attached hydrogens (tertiary/aromatic N) is 2. The van der Waals surface area contributed by atoms with E-state index in [0.717, 1.165) is 21.9 Å². The number of imide groups is 1. The van der Waals surface area contributed by atoms with Gasteiger partial charge in [-0.15, -0.1) is 0 Å². The van der Waals surface area contributed by atoms with Crippen LogP contribution in [0.4, 0.5) is 17.2 Å². The summed E-state index contributed by atoms with van der Waals surface area (Å²) in [5.41, 5.74) is 2.44. The maximum Gasteiger partial charge on any atom is 0.265 e. The van der Waals surface area contributed by atoms with Gasteiger partial charge in [-0.2, -0.15) is 0 Å². The van der Waals surface area contributed by atoms with Gasteiger partial charge >= 0.3 is 0 Å². The number of rotatable bonds is 5. The zero-order valence-corrected chi connectivity index (χ0v) is 16.4. The van der Waals surface area contributed by atoms with Crippen molar-refractivity contribution in [3.8, 4) is 0 Å². The third-order valence-corrected chi connectivity index (χ3v) is 4.37. The van der Waals surface area contributed by atoms with E-state index >= 15 is 0 Å². The molecule has 144 valence electrons. The molecule has 0 fully saturated rings. The first-order valence-electron chi connectivity index (χ1n) is 8.98. The first-order valence-corrected chi connectivity index (χ1v) is 8.98. The zero-order valence-electron chi connectivity index (χ0n) is 16.4. The van der Waals surface area contributed by atoms with Crippen molar-refractivity contribution < 1.29 is 14.1 Å². The van der Waals surface area contributed by atoms with Crippen LogP contribution < -0.4 is 10.2 Å². The number of hydrogen-bond acceptors (Lipinski definition) is 5. The topological polar surface area (TPSA) is 75.4 Å². The lowest BCUT2D eigenvalue weighted by Gasteiger charge is -2.17. The van der Waals surface area contributed by atoms with E-state index in [2.05, 4.69) is 10.5 Å². The number of aryl methyl sites for hydroxylation is 1. The van der Waals surface area contributed by atoms with Crippen LogP contribution in [0.15, 0.2) is 59.1 Å². The van der Waals surface area contributed by atoms with Crippen molar-refractivity contribution in [1.29, 1.82) is 0 Å². The molecule has 0 saturated carbocycles. The number of amides is 2. The molecule has 0 unspecified atom stereocenters. The molecule has 0 aliphatic rings. The Morgan fingerprint density at radius 2 is 1.79 bits per heavy atom. The van der Waals surface area contributed by atoms with E-state index in [0.29, 0.717) is 23.5 Å². The van der Waals surface area contributed by atoms with Crippen LogP contribution in [0.3, 0.4) is 0 Å². The minimum absolute atomic E-state index is 0.128. The number of carbonyl (C=O) groups excluding carboxylic acids is 2. The van der Waals surface area contributed by atoms with Crippen molar-refractivity contribution >= 4 is 29.5 Å². The minimum Gasteiger partial charge on any atom is -0.359 e. The molecule has 2 aromatic carbocycles. The second kappa shape index (κ2) is 7.68. The average Bonchev–Trinajstić information content (AvgIpc) is 3.13. The highest BCUT2D eigenvalue weighted by molar-refractivity contribution is 6.16. The summed E-state index contributed by atoms with van der Waals surface area (Å²) in [6.07, 6.45) is 0.532. The fourth-order valence-electron chi connectivity index (χ4n) is 2.71. The maximum absolute atomic E-state index is 12.7. The van der Waals surface area contributed by atoms with Crippen LogP contribution in [0.1, 0.15) is 42.5 Å². The number of hydrogen-bond donors (Lipinski definition) is 1. The van der Waals surface area contributed by atoms with Crippen LogP contribution in [-0.2, 0) is 10.2 Å². The SMILES string of the molecule is Cc1ccccc1C(=O)N(C=O)c1ccc(Nc2cc(C(C)(C)C)on2)cc1. The first-order chi connectivity index (χ1) is 13.3. The monoisotopic (exact) mass is 377 g/mol. The summed E-state index contributed by atoms with van der Waals surface area (Å²) in [5, 5.41) is 7.18. The summed E-state index contributed by atoms with van der Waals surface area (Å²) < 4.78 is 5.36. The Balaban J connectivity index is 1.77. The lowest BCUT2D eigenvalue weighted by Crippen LogP contribution is -2.29. The second-order valence-electron chi connectivity index (χ2n) is 7.59. The van der Waals surface area contributed by atoms with E-state index in [9.17, 15) is 9.59 Å². The van der Waals surface area contributed by atoms with Crippen LogP contribution in [0.25, 0.3) is 0 Å². The Hall–Kier alpha value is -3.41. The number of aromatic nitrogens is 1. The van der Waals surface area contributed by atoms with E-state index in [1.165, 1.54) is 0 Å². The molecule has 1 N–H and O–H groups in total. The molecule has 0 saturated heterocycles. The van der Waals surface area contributed by atoms with E-state index in [1.807, 2.05) is 45.9 Å². The van der Waals surface area contributed by atoms with Gasteiger partial charge in [-0.05, 0) is 42.8 Å². The third-order valence-electron chi connectivity index (χ3n) is 4.37. The largest absolute Gasteiger partial charge is 0.359 e. The molecule has 2 amide bonds. The lowest BCUT2D eigenvalue weighted by atomic mass is 9.93. The molecular weight excluding hydrogens is 354 g/mol.